The van der Waals surface area contributed by atoms with Crippen molar-refractivity contribution in [2.75, 3.05) is 31.1 Å². The van der Waals surface area contributed by atoms with Crippen molar-refractivity contribution in [1.82, 2.24) is 19.9 Å². The highest BCUT2D eigenvalue weighted by molar-refractivity contribution is 5.85. The number of nitrogens with zero attached hydrogens (tertiary/aromatic N) is 5. The molecule has 0 radical (unpaired) electrons. The van der Waals surface area contributed by atoms with Gasteiger partial charge in [0.15, 0.2) is 0 Å². The maximum absolute atomic E-state index is 6.01. The summed E-state index contributed by atoms with van der Waals surface area (Å²) in [6.07, 6.45) is 8.42. The van der Waals surface area contributed by atoms with Crippen LogP contribution in [0.1, 0.15) is 54.6 Å². The van der Waals surface area contributed by atoms with Crippen LogP contribution < -0.4 is 10.6 Å². The molecule has 2 aromatic heterocycles. The van der Waals surface area contributed by atoms with E-state index in [2.05, 4.69) is 26.9 Å². The second kappa shape index (κ2) is 9.56. The molecule has 5 rings (SSSR count). The lowest BCUT2D eigenvalue weighted by Crippen LogP contribution is -2.46. The van der Waals surface area contributed by atoms with Crippen LogP contribution in [0.15, 0.2) is 30.6 Å². The van der Waals surface area contributed by atoms with Gasteiger partial charge in [-0.1, -0.05) is 6.07 Å². The fourth-order valence-electron chi connectivity index (χ4n) is 4.15. The van der Waals surface area contributed by atoms with E-state index in [1.54, 1.807) is 0 Å². The molecule has 2 aliphatic carbocycles. The Labute approximate surface area is 185 Å². The van der Waals surface area contributed by atoms with E-state index in [1.807, 2.05) is 18.5 Å². The first-order valence-corrected chi connectivity index (χ1v) is 10.3. The number of aromatic nitrogens is 3. The van der Waals surface area contributed by atoms with Crippen LogP contribution in [0, 0.1) is 0 Å². The van der Waals surface area contributed by atoms with Crippen molar-refractivity contribution in [1.29, 1.82) is 0 Å². The third-order valence-corrected chi connectivity index (χ3v) is 6.11. The van der Waals surface area contributed by atoms with Gasteiger partial charge in [0.05, 0.1) is 0 Å². The van der Waals surface area contributed by atoms with Crippen molar-refractivity contribution >= 4 is 30.6 Å². The Balaban J connectivity index is 0.00000120. The second-order valence-electron chi connectivity index (χ2n) is 8.34. The smallest absolute Gasteiger partial charge is 0.134 e. The zero-order chi connectivity index (χ0) is 18.2. The van der Waals surface area contributed by atoms with Crippen LogP contribution in [0.4, 0.5) is 5.82 Å². The average molecular weight is 437 g/mol. The van der Waals surface area contributed by atoms with Crippen molar-refractivity contribution in [3.8, 4) is 0 Å². The summed E-state index contributed by atoms with van der Waals surface area (Å²) in [5.74, 6) is 3.32. The molecule has 158 valence electrons. The first-order valence-electron chi connectivity index (χ1n) is 10.3. The fourth-order valence-corrected chi connectivity index (χ4v) is 4.15. The Morgan fingerprint density at radius 3 is 2.38 bits per heavy atom. The van der Waals surface area contributed by atoms with Crippen LogP contribution in [0.2, 0.25) is 0 Å². The Hall–Kier alpha value is -1.47. The summed E-state index contributed by atoms with van der Waals surface area (Å²) in [7, 11) is 0. The molecule has 29 heavy (non-hydrogen) atoms. The monoisotopic (exact) mass is 436 g/mol. The summed E-state index contributed by atoms with van der Waals surface area (Å²) in [6, 6.07) is 6.76. The average Bonchev–Trinajstić information content (AvgIpc) is 3.52. The summed E-state index contributed by atoms with van der Waals surface area (Å²) in [5.41, 5.74) is 8.52. The topological polar surface area (TPSA) is 71.2 Å². The van der Waals surface area contributed by atoms with Crippen LogP contribution >= 0.6 is 24.8 Å². The highest BCUT2D eigenvalue weighted by Crippen LogP contribution is 2.41. The van der Waals surface area contributed by atoms with E-state index in [-0.39, 0.29) is 24.8 Å². The van der Waals surface area contributed by atoms with Crippen LogP contribution in [-0.4, -0.2) is 52.1 Å². The summed E-state index contributed by atoms with van der Waals surface area (Å²) >= 11 is 0. The van der Waals surface area contributed by atoms with Gasteiger partial charge in [-0.25, -0.2) is 9.97 Å². The molecule has 3 heterocycles. The number of halogens is 2. The third-order valence-electron chi connectivity index (χ3n) is 6.11. The molecule has 3 fully saturated rings. The lowest BCUT2D eigenvalue weighted by atomic mass is 9.78. The predicted molar refractivity (Wildman–Crippen MR) is 120 cm³/mol. The normalized spacial score (nSPS) is 24.2. The number of pyridine rings is 1. The van der Waals surface area contributed by atoms with E-state index in [9.17, 15) is 0 Å². The minimum absolute atomic E-state index is 0. The minimum Gasteiger partial charge on any atom is -0.354 e. The molecule has 1 aliphatic heterocycles. The van der Waals surface area contributed by atoms with E-state index in [0.29, 0.717) is 17.9 Å². The standard InChI is InChI=1S/C21H28N6.2ClH/c22-18-10-17(11-18)19-12-20(25-21(24-19)16-3-4-16)27-8-6-26(7-9-27)14-15-2-1-5-23-13-15;;/h1-2,5,12-13,16-18H,3-4,6-11,14,22H2;2*1H. The van der Waals surface area contributed by atoms with Crippen molar-refractivity contribution in [3.63, 3.8) is 0 Å². The van der Waals surface area contributed by atoms with E-state index >= 15 is 0 Å². The Bertz CT molecular complexity index is 787. The van der Waals surface area contributed by atoms with Gasteiger partial charge in [-0.15, -0.1) is 24.8 Å². The first-order chi connectivity index (χ1) is 13.2. The van der Waals surface area contributed by atoms with Crippen LogP contribution in [0.3, 0.4) is 0 Å². The van der Waals surface area contributed by atoms with Crippen LogP contribution in [0.25, 0.3) is 0 Å². The lowest BCUT2D eigenvalue weighted by Gasteiger charge is -2.36. The molecule has 1 saturated heterocycles. The molecule has 0 amide bonds. The van der Waals surface area contributed by atoms with Gasteiger partial charge < -0.3 is 10.6 Å². The number of piperazine rings is 1. The minimum atomic E-state index is 0. The Morgan fingerprint density at radius 2 is 1.76 bits per heavy atom. The van der Waals surface area contributed by atoms with Gasteiger partial charge >= 0.3 is 0 Å². The molecule has 2 N–H and O–H groups in total. The molecule has 0 unspecified atom stereocenters. The zero-order valence-electron chi connectivity index (χ0n) is 16.6. The van der Waals surface area contributed by atoms with Crippen molar-refractivity contribution in [3.05, 3.63) is 47.7 Å². The van der Waals surface area contributed by atoms with Gasteiger partial charge in [0.1, 0.15) is 11.6 Å². The van der Waals surface area contributed by atoms with Gasteiger partial charge in [-0.2, -0.15) is 0 Å². The lowest BCUT2D eigenvalue weighted by molar-refractivity contribution is 0.249. The molecule has 0 bridgehead atoms. The number of nitrogens with two attached hydrogens (primary N) is 1. The molecule has 0 aromatic carbocycles. The number of anilines is 1. The van der Waals surface area contributed by atoms with Gasteiger partial charge in [0.2, 0.25) is 0 Å². The van der Waals surface area contributed by atoms with Crippen molar-refractivity contribution < 1.29 is 0 Å². The number of rotatable bonds is 5. The predicted octanol–water partition coefficient (Wildman–Crippen LogP) is 3.12. The zero-order valence-corrected chi connectivity index (χ0v) is 18.2. The number of hydrogen-bond donors (Lipinski definition) is 1. The first kappa shape index (κ1) is 22.2. The summed E-state index contributed by atoms with van der Waals surface area (Å²) in [4.78, 5) is 19.0. The summed E-state index contributed by atoms with van der Waals surface area (Å²) in [5, 5.41) is 0. The van der Waals surface area contributed by atoms with E-state index in [4.69, 9.17) is 15.7 Å². The quantitative estimate of drug-likeness (QED) is 0.775. The van der Waals surface area contributed by atoms with E-state index in [0.717, 1.165) is 57.2 Å². The molecule has 8 heteroatoms. The molecule has 2 aromatic rings. The van der Waals surface area contributed by atoms with Crippen LogP contribution in [0.5, 0.6) is 0 Å². The van der Waals surface area contributed by atoms with E-state index < -0.39 is 0 Å². The SMILES string of the molecule is Cl.Cl.NC1CC(c2cc(N3CCN(Cc4cccnc4)CC3)nc(C3CC3)n2)C1. The molecule has 0 spiro atoms. The highest BCUT2D eigenvalue weighted by Gasteiger charge is 2.33. The Morgan fingerprint density at radius 1 is 1.00 bits per heavy atom. The van der Waals surface area contributed by atoms with Gasteiger partial charge in [0.25, 0.3) is 0 Å². The summed E-state index contributed by atoms with van der Waals surface area (Å²) < 4.78 is 0. The third kappa shape index (κ3) is 5.18. The maximum atomic E-state index is 6.01. The fraction of sp³-hybridized carbons (Fsp3) is 0.571. The molecular weight excluding hydrogens is 407 g/mol. The van der Waals surface area contributed by atoms with Crippen molar-refractivity contribution in [2.45, 2.75) is 50.1 Å². The highest BCUT2D eigenvalue weighted by atomic mass is 35.5. The largest absolute Gasteiger partial charge is 0.354 e. The van der Waals surface area contributed by atoms with Gasteiger partial charge in [-0.05, 0) is 37.3 Å². The maximum Gasteiger partial charge on any atom is 0.134 e. The van der Waals surface area contributed by atoms with Crippen molar-refractivity contribution in [2.24, 2.45) is 5.73 Å². The van der Waals surface area contributed by atoms with Crippen LogP contribution in [-0.2, 0) is 6.54 Å². The number of hydrogen-bond acceptors (Lipinski definition) is 6. The van der Waals surface area contributed by atoms with E-state index in [1.165, 1.54) is 24.1 Å². The molecule has 2 saturated carbocycles. The van der Waals surface area contributed by atoms with Gasteiger partial charge in [0, 0.05) is 74.8 Å². The Kier molecular flexibility index (Phi) is 7.32. The second-order valence-corrected chi connectivity index (χ2v) is 8.34. The summed E-state index contributed by atoms with van der Waals surface area (Å²) in [6.45, 7) is 5.13. The molecular formula is C21H30Cl2N6. The molecule has 0 atom stereocenters. The molecule has 3 aliphatic rings. The molecule has 6 nitrogen and oxygen atoms in total. The van der Waals surface area contributed by atoms with Gasteiger partial charge in [-0.3, -0.25) is 9.88 Å².